The number of nitrogens with zero attached hydrogens (tertiary/aromatic N) is 3. The molecule has 3 aliphatic rings. The smallest absolute Gasteiger partial charge is 0.230 e. The summed E-state index contributed by atoms with van der Waals surface area (Å²) in [6.45, 7) is 4.81. The molecule has 5 rings (SSSR count). The molecule has 0 spiro atoms. The summed E-state index contributed by atoms with van der Waals surface area (Å²) in [6.07, 6.45) is 3.80. The number of carbonyl (C=O) groups is 1. The molecule has 4 unspecified atom stereocenters. The first-order valence-corrected chi connectivity index (χ1v) is 11.6. The molecule has 4 atom stereocenters. The minimum Gasteiger partial charge on any atom is -0.389 e. The molecule has 1 aromatic carbocycles. The number of anilines is 1. The molecular weight excluding hydrogens is 428 g/mol. The van der Waals surface area contributed by atoms with Gasteiger partial charge in [0.15, 0.2) is 0 Å². The van der Waals surface area contributed by atoms with E-state index in [1.54, 1.807) is 6.20 Å². The first-order valence-electron chi connectivity index (χ1n) is 11.2. The van der Waals surface area contributed by atoms with Gasteiger partial charge < -0.3 is 15.2 Å². The summed E-state index contributed by atoms with van der Waals surface area (Å²) >= 11 is 6.65. The first-order chi connectivity index (χ1) is 15.4. The summed E-state index contributed by atoms with van der Waals surface area (Å²) in [5.74, 6) is 0.286. The zero-order valence-electron chi connectivity index (χ0n) is 18.1. The van der Waals surface area contributed by atoms with E-state index in [4.69, 9.17) is 21.6 Å². The van der Waals surface area contributed by atoms with E-state index in [2.05, 4.69) is 34.3 Å². The Morgan fingerprint density at radius 3 is 2.78 bits per heavy atom. The van der Waals surface area contributed by atoms with Crippen LogP contribution in [0, 0.1) is 23.2 Å². The molecule has 1 aromatic heterocycles. The molecular formula is C24H27ClN4O3. The quantitative estimate of drug-likeness (QED) is 0.735. The van der Waals surface area contributed by atoms with Crippen LogP contribution in [0.2, 0.25) is 5.02 Å². The first kappa shape index (κ1) is 21.6. The van der Waals surface area contributed by atoms with Crippen LogP contribution in [0.15, 0.2) is 24.4 Å². The zero-order chi connectivity index (χ0) is 22.5. The predicted octanol–water partition coefficient (Wildman–Crippen LogP) is 3.32. The van der Waals surface area contributed by atoms with Crippen molar-refractivity contribution in [2.75, 3.05) is 31.6 Å². The maximum absolute atomic E-state index is 12.3. The Morgan fingerprint density at radius 1 is 1.34 bits per heavy atom. The van der Waals surface area contributed by atoms with Gasteiger partial charge in [0.1, 0.15) is 5.82 Å². The maximum Gasteiger partial charge on any atom is 0.230 e. The van der Waals surface area contributed by atoms with Gasteiger partial charge in [0.2, 0.25) is 5.91 Å². The van der Waals surface area contributed by atoms with E-state index in [0.717, 1.165) is 47.3 Å². The summed E-state index contributed by atoms with van der Waals surface area (Å²) in [5.41, 5.74) is 0.797. The normalized spacial score (nSPS) is 30.9. The van der Waals surface area contributed by atoms with Gasteiger partial charge >= 0.3 is 0 Å². The molecule has 0 bridgehead atoms. The van der Waals surface area contributed by atoms with Gasteiger partial charge in [-0.3, -0.25) is 9.69 Å². The SMILES string of the molecule is CC1(N2CCC(c3cc4cc(NC(=O)C5CC5C#N)ncc4cc3Cl)CC2)COCC1O. The van der Waals surface area contributed by atoms with Gasteiger partial charge in [-0.25, -0.2) is 4.98 Å². The number of likely N-dealkylation sites (tertiary alicyclic amines) is 1. The number of nitriles is 1. The molecule has 1 aliphatic carbocycles. The number of halogens is 1. The zero-order valence-corrected chi connectivity index (χ0v) is 18.8. The Hall–Kier alpha value is -2.24. The number of hydrogen-bond acceptors (Lipinski definition) is 6. The number of aliphatic hydroxyl groups is 1. The minimum absolute atomic E-state index is 0.142. The number of nitrogens with one attached hydrogen (secondary N) is 1. The molecule has 8 heteroatoms. The lowest BCUT2D eigenvalue weighted by molar-refractivity contribution is -0.117. The monoisotopic (exact) mass is 454 g/mol. The Bertz CT molecular complexity index is 1090. The van der Waals surface area contributed by atoms with Crippen molar-refractivity contribution >= 4 is 34.1 Å². The highest BCUT2D eigenvalue weighted by Gasteiger charge is 2.45. The van der Waals surface area contributed by atoms with Crippen molar-refractivity contribution in [1.29, 1.82) is 5.26 Å². The standard InChI is InChI=1S/C24H27ClN4O3/c1-24(13-32-12-21(24)30)29-4-2-14(3-5-29)18-6-15-9-22(27-11-17(15)8-20(18)25)28-23(31)19-7-16(19)10-26/h6,8-9,11,14,16,19,21,30H,2-5,7,12-13H2,1H3,(H,27,28,31). The molecule has 168 valence electrons. The van der Waals surface area contributed by atoms with Gasteiger partial charge in [0.05, 0.1) is 42.8 Å². The number of aliphatic hydroxyl groups excluding tert-OH is 1. The lowest BCUT2D eigenvalue weighted by atomic mass is 9.85. The summed E-state index contributed by atoms with van der Waals surface area (Å²) in [7, 11) is 0. The van der Waals surface area contributed by atoms with Crippen LogP contribution in [0.4, 0.5) is 5.82 Å². The van der Waals surface area contributed by atoms with E-state index >= 15 is 0 Å². The molecule has 2 saturated heterocycles. The van der Waals surface area contributed by atoms with E-state index in [0.29, 0.717) is 31.4 Å². The molecule has 3 fully saturated rings. The molecule has 0 radical (unpaired) electrons. The molecule has 2 aromatic rings. The van der Waals surface area contributed by atoms with Crippen LogP contribution >= 0.6 is 11.6 Å². The van der Waals surface area contributed by atoms with E-state index in [-0.39, 0.29) is 23.3 Å². The molecule has 1 saturated carbocycles. The van der Waals surface area contributed by atoms with Crippen molar-refractivity contribution in [3.8, 4) is 6.07 Å². The molecule has 32 heavy (non-hydrogen) atoms. The molecule has 7 nitrogen and oxygen atoms in total. The number of piperidine rings is 1. The van der Waals surface area contributed by atoms with E-state index in [9.17, 15) is 9.90 Å². The van der Waals surface area contributed by atoms with Crippen LogP contribution in [-0.4, -0.2) is 58.8 Å². The summed E-state index contributed by atoms with van der Waals surface area (Å²) in [6, 6.07) is 8.07. The largest absolute Gasteiger partial charge is 0.389 e. The van der Waals surface area contributed by atoms with Crippen molar-refractivity contribution in [3.63, 3.8) is 0 Å². The third kappa shape index (κ3) is 3.86. The highest BCUT2D eigenvalue weighted by Crippen LogP contribution is 2.40. The average Bonchev–Trinajstić information content (AvgIpc) is 3.51. The van der Waals surface area contributed by atoms with Crippen LogP contribution in [0.25, 0.3) is 10.8 Å². The van der Waals surface area contributed by atoms with E-state index < -0.39 is 6.10 Å². The summed E-state index contributed by atoms with van der Waals surface area (Å²) in [5, 5.41) is 24.8. The van der Waals surface area contributed by atoms with Crippen molar-refractivity contribution in [2.24, 2.45) is 11.8 Å². The number of amides is 1. The fourth-order valence-corrected chi connectivity index (χ4v) is 5.39. The number of hydrogen-bond donors (Lipinski definition) is 2. The van der Waals surface area contributed by atoms with Gasteiger partial charge in [0.25, 0.3) is 0 Å². The molecule has 3 heterocycles. The second-order valence-electron chi connectivity index (χ2n) is 9.51. The summed E-state index contributed by atoms with van der Waals surface area (Å²) < 4.78 is 5.51. The van der Waals surface area contributed by atoms with Gasteiger partial charge in [-0.1, -0.05) is 11.6 Å². The highest BCUT2D eigenvalue weighted by molar-refractivity contribution is 6.32. The fraction of sp³-hybridized carbons (Fsp3) is 0.542. The number of rotatable bonds is 4. The number of benzene rings is 1. The van der Waals surface area contributed by atoms with Gasteiger partial charge in [-0.2, -0.15) is 5.26 Å². The Kier molecular flexibility index (Phi) is 5.58. The molecule has 2 aliphatic heterocycles. The maximum atomic E-state index is 12.3. The van der Waals surface area contributed by atoms with Gasteiger partial charge in [0, 0.05) is 16.6 Å². The summed E-state index contributed by atoms with van der Waals surface area (Å²) in [4.78, 5) is 19.0. The van der Waals surface area contributed by atoms with E-state index in [1.807, 2.05) is 12.1 Å². The van der Waals surface area contributed by atoms with E-state index in [1.165, 1.54) is 0 Å². The average molecular weight is 455 g/mol. The Labute approximate surface area is 192 Å². The predicted molar refractivity (Wildman–Crippen MR) is 121 cm³/mol. The number of ether oxygens (including phenoxy) is 1. The van der Waals surface area contributed by atoms with Crippen molar-refractivity contribution in [3.05, 3.63) is 35.0 Å². The second kappa shape index (κ2) is 8.27. The number of pyridine rings is 1. The highest BCUT2D eigenvalue weighted by atomic mass is 35.5. The van der Waals surface area contributed by atoms with Crippen LogP contribution in [0.1, 0.15) is 37.7 Å². The Balaban J connectivity index is 1.31. The topological polar surface area (TPSA) is 98.5 Å². The van der Waals surface area contributed by atoms with Crippen LogP contribution in [0.5, 0.6) is 0 Å². The number of fused-ring (bicyclic) bond motifs is 1. The van der Waals surface area contributed by atoms with Crippen LogP contribution < -0.4 is 5.32 Å². The lowest BCUT2D eigenvalue weighted by Crippen LogP contribution is -2.56. The number of aromatic nitrogens is 1. The lowest BCUT2D eigenvalue weighted by Gasteiger charge is -2.43. The third-order valence-corrected chi connectivity index (χ3v) is 7.75. The number of carbonyl (C=O) groups excluding carboxylic acids is 1. The van der Waals surface area contributed by atoms with Crippen molar-refractivity contribution < 1.29 is 14.6 Å². The molecule has 1 amide bonds. The van der Waals surface area contributed by atoms with Crippen LogP contribution in [0.3, 0.4) is 0 Å². The Morgan fingerprint density at radius 2 is 2.12 bits per heavy atom. The second-order valence-corrected chi connectivity index (χ2v) is 9.91. The van der Waals surface area contributed by atoms with Crippen LogP contribution in [-0.2, 0) is 9.53 Å². The van der Waals surface area contributed by atoms with Gasteiger partial charge in [-0.05, 0) is 74.3 Å². The van der Waals surface area contributed by atoms with Crippen molar-refractivity contribution in [1.82, 2.24) is 9.88 Å². The fourth-order valence-electron chi connectivity index (χ4n) is 5.07. The third-order valence-electron chi connectivity index (χ3n) is 7.43. The molecule has 2 N–H and O–H groups in total. The van der Waals surface area contributed by atoms with Gasteiger partial charge in [-0.15, -0.1) is 0 Å². The van der Waals surface area contributed by atoms with Crippen molar-refractivity contribution in [2.45, 2.75) is 43.7 Å². The minimum atomic E-state index is -0.455.